The molecule has 114 valence electrons. The van der Waals surface area contributed by atoms with Crippen molar-refractivity contribution in [3.8, 4) is 0 Å². The molecule has 4 nitrogen and oxygen atoms in total. The number of piperazine rings is 1. The molecule has 0 radical (unpaired) electrons. The summed E-state index contributed by atoms with van der Waals surface area (Å²) in [4.78, 5) is 27.0. The predicted molar refractivity (Wildman–Crippen MR) is 79.2 cm³/mol. The molecule has 3 atom stereocenters. The first kappa shape index (κ1) is 15.3. The Morgan fingerprint density at radius 1 is 1.30 bits per heavy atom. The van der Waals surface area contributed by atoms with Crippen LogP contribution in [0.5, 0.6) is 0 Å². The highest BCUT2D eigenvalue weighted by Gasteiger charge is 2.48. The van der Waals surface area contributed by atoms with Gasteiger partial charge in [-0.1, -0.05) is 27.2 Å². The van der Waals surface area contributed by atoms with Crippen molar-refractivity contribution in [2.45, 2.75) is 84.3 Å². The topological polar surface area (TPSA) is 49.4 Å². The Balaban J connectivity index is 2.27. The highest BCUT2D eigenvalue weighted by atomic mass is 16.2. The molecule has 2 aliphatic rings. The van der Waals surface area contributed by atoms with E-state index in [1.54, 1.807) is 0 Å². The zero-order valence-electron chi connectivity index (χ0n) is 13.5. The molecule has 2 fully saturated rings. The maximum atomic E-state index is 12.9. The quantitative estimate of drug-likeness (QED) is 0.844. The predicted octanol–water partition coefficient (Wildman–Crippen LogP) is 2.47. The normalized spacial score (nSPS) is 37.8. The molecule has 0 aromatic carbocycles. The van der Waals surface area contributed by atoms with E-state index < -0.39 is 5.54 Å². The van der Waals surface area contributed by atoms with Crippen LogP contribution in [0.25, 0.3) is 0 Å². The van der Waals surface area contributed by atoms with Crippen LogP contribution in [0.1, 0.15) is 66.7 Å². The van der Waals surface area contributed by atoms with Crippen LogP contribution in [0.3, 0.4) is 0 Å². The Morgan fingerprint density at radius 2 is 1.95 bits per heavy atom. The van der Waals surface area contributed by atoms with Gasteiger partial charge >= 0.3 is 0 Å². The number of nitrogens with one attached hydrogen (secondary N) is 1. The van der Waals surface area contributed by atoms with E-state index in [1.807, 2.05) is 25.7 Å². The van der Waals surface area contributed by atoms with Gasteiger partial charge in [-0.2, -0.15) is 0 Å². The van der Waals surface area contributed by atoms with Gasteiger partial charge in [0, 0.05) is 6.04 Å². The zero-order chi connectivity index (χ0) is 15.1. The summed E-state index contributed by atoms with van der Waals surface area (Å²) in [7, 11) is 0. The van der Waals surface area contributed by atoms with Crippen LogP contribution in [0.4, 0.5) is 0 Å². The fraction of sp³-hybridized carbons (Fsp3) is 0.875. The Kier molecular flexibility index (Phi) is 3.87. The average molecular weight is 280 g/mol. The maximum absolute atomic E-state index is 12.9. The average Bonchev–Trinajstić information content (AvgIpc) is 2.36. The van der Waals surface area contributed by atoms with Gasteiger partial charge in [0.15, 0.2) is 0 Å². The van der Waals surface area contributed by atoms with Crippen LogP contribution >= 0.6 is 0 Å². The Labute approximate surface area is 122 Å². The van der Waals surface area contributed by atoms with Crippen molar-refractivity contribution in [3.63, 3.8) is 0 Å². The van der Waals surface area contributed by atoms with Crippen LogP contribution in [0.15, 0.2) is 0 Å². The molecule has 0 bridgehead atoms. The van der Waals surface area contributed by atoms with Crippen LogP contribution < -0.4 is 5.32 Å². The molecule has 0 aromatic rings. The number of amides is 2. The highest BCUT2D eigenvalue weighted by Crippen LogP contribution is 2.39. The summed E-state index contributed by atoms with van der Waals surface area (Å²) in [6.45, 7) is 10.2. The molecule has 1 N–H and O–H groups in total. The molecule has 20 heavy (non-hydrogen) atoms. The van der Waals surface area contributed by atoms with Crippen molar-refractivity contribution in [2.75, 3.05) is 0 Å². The number of rotatable bonds is 2. The Hall–Kier alpha value is -1.06. The third kappa shape index (κ3) is 2.57. The number of hydrogen-bond acceptors (Lipinski definition) is 2. The van der Waals surface area contributed by atoms with E-state index >= 15 is 0 Å². The molecule has 1 saturated carbocycles. The van der Waals surface area contributed by atoms with Crippen molar-refractivity contribution < 1.29 is 9.59 Å². The Morgan fingerprint density at radius 3 is 2.50 bits per heavy atom. The zero-order valence-corrected chi connectivity index (χ0v) is 13.5. The molecule has 4 heteroatoms. The van der Waals surface area contributed by atoms with Crippen molar-refractivity contribution in [1.29, 1.82) is 0 Å². The number of hydrogen-bond donors (Lipinski definition) is 1. The lowest BCUT2D eigenvalue weighted by Gasteiger charge is -2.49. The van der Waals surface area contributed by atoms with Gasteiger partial charge in [0.05, 0.1) is 0 Å². The van der Waals surface area contributed by atoms with Crippen molar-refractivity contribution >= 4 is 11.8 Å². The number of carbonyl (C=O) groups excluding carboxylic acids is 2. The first-order valence-corrected chi connectivity index (χ1v) is 7.85. The molecule has 1 heterocycles. The van der Waals surface area contributed by atoms with Crippen molar-refractivity contribution in [1.82, 2.24) is 10.2 Å². The molecular weight excluding hydrogens is 252 g/mol. The highest BCUT2D eigenvalue weighted by molar-refractivity contribution is 5.99. The summed E-state index contributed by atoms with van der Waals surface area (Å²) in [6.07, 6.45) is 5.00. The summed E-state index contributed by atoms with van der Waals surface area (Å²) < 4.78 is 0. The van der Waals surface area contributed by atoms with Gasteiger partial charge in [-0.3, -0.25) is 9.59 Å². The molecule has 1 aliphatic carbocycles. The lowest BCUT2D eigenvalue weighted by Crippen LogP contribution is -2.70. The largest absolute Gasteiger partial charge is 0.340 e. The second kappa shape index (κ2) is 5.05. The van der Waals surface area contributed by atoms with Gasteiger partial charge in [-0.15, -0.1) is 0 Å². The molecule has 3 unspecified atom stereocenters. The van der Waals surface area contributed by atoms with Gasteiger partial charge < -0.3 is 10.2 Å². The second-order valence-electron chi connectivity index (χ2n) is 7.48. The van der Waals surface area contributed by atoms with Crippen LogP contribution in [0.2, 0.25) is 0 Å². The molecule has 0 aromatic heterocycles. The molecular formula is C16H28N2O2. The molecule has 1 saturated heterocycles. The van der Waals surface area contributed by atoms with Gasteiger partial charge in [0.25, 0.3) is 0 Å². The summed E-state index contributed by atoms with van der Waals surface area (Å²) >= 11 is 0. The fourth-order valence-electron chi connectivity index (χ4n) is 3.63. The molecule has 1 aliphatic heterocycles. The van der Waals surface area contributed by atoms with E-state index in [0.717, 1.165) is 19.3 Å². The minimum Gasteiger partial charge on any atom is -0.340 e. The first-order valence-electron chi connectivity index (χ1n) is 7.85. The lowest BCUT2D eigenvalue weighted by molar-refractivity contribution is -0.158. The smallest absolute Gasteiger partial charge is 0.248 e. The summed E-state index contributed by atoms with van der Waals surface area (Å²) in [5.74, 6) is 0.0760. The minimum absolute atomic E-state index is 0.0164. The van der Waals surface area contributed by atoms with Crippen LogP contribution in [0, 0.1) is 5.41 Å². The van der Waals surface area contributed by atoms with E-state index in [4.69, 9.17) is 0 Å². The Bertz CT molecular complexity index is 419. The first-order chi connectivity index (χ1) is 9.20. The number of nitrogens with zero attached hydrogens (tertiary/aromatic N) is 1. The SMILES string of the molecule is CCC1(C)NC(=O)C(C)N(C2CCCC(C)(C)C2)C1=O. The fourth-order valence-corrected chi connectivity index (χ4v) is 3.63. The second-order valence-corrected chi connectivity index (χ2v) is 7.48. The standard InChI is InChI=1S/C16H28N2O2/c1-6-16(5)14(20)18(11(2)13(19)17-16)12-8-7-9-15(3,4)10-12/h11-12H,6-10H2,1-5H3,(H,17,19). The van der Waals surface area contributed by atoms with Gasteiger partial charge in [0.1, 0.15) is 11.6 Å². The van der Waals surface area contributed by atoms with Crippen molar-refractivity contribution in [2.24, 2.45) is 5.41 Å². The molecule has 2 amide bonds. The third-order valence-electron chi connectivity index (χ3n) is 5.18. The van der Waals surface area contributed by atoms with E-state index in [2.05, 4.69) is 19.2 Å². The summed E-state index contributed by atoms with van der Waals surface area (Å²) in [6, 6.07) is -0.140. The summed E-state index contributed by atoms with van der Waals surface area (Å²) in [5.41, 5.74) is -0.468. The van der Waals surface area contributed by atoms with Crippen molar-refractivity contribution in [3.05, 3.63) is 0 Å². The molecule has 2 rings (SSSR count). The van der Waals surface area contributed by atoms with Gasteiger partial charge in [0.2, 0.25) is 11.8 Å². The van der Waals surface area contributed by atoms with Gasteiger partial charge in [-0.05, 0) is 44.9 Å². The third-order valence-corrected chi connectivity index (χ3v) is 5.18. The minimum atomic E-state index is -0.731. The van der Waals surface area contributed by atoms with Gasteiger partial charge in [-0.25, -0.2) is 0 Å². The van der Waals surface area contributed by atoms with E-state index in [1.165, 1.54) is 6.42 Å². The molecule has 0 spiro atoms. The summed E-state index contributed by atoms with van der Waals surface area (Å²) in [5, 5.41) is 2.90. The van der Waals surface area contributed by atoms with E-state index in [0.29, 0.717) is 6.42 Å². The lowest BCUT2D eigenvalue weighted by atomic mass is 9.73. The number of carbonyl (C=O) groups is 2. The van der Waals surface area contributed by atoms with Crippen LogP contribution in [-0.2, 0) is 9.59 Å². The van der Waals surface area contributed by atoms with E-state index in [-0.39, 0.29) is 29.3 Å². The maximum Gasteiger partial charge on any atom is 0.248 e. The van der Waals surface area contributed by atoms with Crippen LogP contribution in [-0.4, -0.2) is 34.3 Å². The van der Waals surface area contributed by atoms with E-state index in [9.17, 15) is 9.59 Å². The monoisotopic (exact) mass is 280 g/mol.